The zero-order chi connectivity index (χ0) is 14.7. The molecule has 0 saturated carbocycles. The summed E-state index contributed by atoms with van der Waals surface area (Å²) in [5, 5.41) is 17.0. The largest absolute Gasteiger partial charge is 0.496 e. The predicted molar refractivity (Wildman–Crippen MR) is 73.8 cm³/mol. The molecule has 0 aliphatic heterocycles. The number of hydrogen-bond acceptors (Lipinski definition) is 4. The van der Waals surface area contributed by atoms with Crippen LogP contribution in [0.3, 0.4) is 0 Å². The minimum atomic E-state index is -1.10. The summed E-state index contributed by atoms with van der Waals surface area (Å²) < 4.78 is 6.92. The predicted octanol–water partition coefficient (Wildman–Crippen LogP) is 2.31. The summed E-state index contributed by atoms with van der Waals surface area (Å²) in [4.78, 5) is 11.3. The molecule has 0 aliphatic carbocycles. The highest BCUT2D eigenvalue weighted by Gasteiger charge is 2.23. The van der Waals surface area contributed by atoms with Crippen molar-refractivity contribution < 1.29 is 14.6 Å². The van der Waals surface area contributed by atoms with Gasteiger partial charge in [0.2, 0.25) is 0 Å². The summed E-state index contributed by atoms with van der Waals surface area (Å²) in [5.74, 6) is -0.171. The minimum Gasteiger partial charge on any atom is -0.496 e. The van der Waals surface area contributed by atoms with Crippen molar-refractivity contribution in [3.63, 3.8) is 0 Å². The number of nitrogens with zero attached hydrogens (tertiary/aromatic N) is 3. The normalized spacial score (nSPS) is 10.8. The molecule has 1 heterocycles. The molecule has 0 bridgehead atoms. The Morgan fingerprint density at radius 3 is 2.70 bits per heavy atom. The Hall–Kier alpha value is -2.37. The Bertz CT molecular complexity index is 620. The van der Waals surface area contributed by atoms with Crippen LogP contribution in [-0.2, 0) is 6.54 Å². The highest BCUT2D eigenvalue weighted by Crippen LogP contribution is 2.31. The van der Waals surface area contributed by atoms with Crippen molar-refractivity contribution in [2.24, 2.45) is 5.92 Å². The summed E-state index contributed by atoms with van der Waals surface area (Å²) in [6.07, 6.45) is 0. The summed E-state index contributed by atoms with van der Waals surface area (Å²) >= 11 is 0. The van der Waals surface area contributed by atoms with E-state index in [1.807, 2.05) is 26.0 Å². The third-order valence-corrected chi connectivity index (χ3v) is 2.84. The molecule has 0 spiro atoms. The molecule has 1 aromatic carbocycles. The molecule has 1 N–H and O–H groups in total. The number of carboxylic acids is 1. The van der Waals surface area contributed by atoms with E-state index in [1.54, 1.807) is 23.9 Å². The highest BCUT2D eigenvalue weighted by atomic mass is 16.5. The van der Waals surface area contributed by atoms with E-state index in [0.717, 1.165) is 0 Å². The van der Waals surface area contributed by atoms with E-state index in [2.05, 4.69) is 10.3 Å². The molecule has 6 heteroatoms. The van der Waals surface area contributed by atoms with Crippen LogP contribution in [0.4, 0.5) is 0 Å². The first kappa shape index (κ1) is 14.0. The second kappa shape index (κ2) is 5.73. The first-order valence-corrected chi connectivity index (χ1v) is 6.34. The number of carboxylic acid groups (broad SMARTS) is 1. The average molecular weight is 275 g/mol. The van der Waals surface area contributed by atoms with E-state index >= 15 is 0 Å². The number of aromatic carboxylic acids is 1. The van der Waals surface area contributed by atoms with Crippen molar-refractivity contribution in [1.82, 2.24) is 15.0 Å². The fraction of sp³-hybridized carbons (Fsp3) is 0.357. The molecule has 106 valence electrons. The third-order valence-electron chi connectivity index (χ3n) is 2.84. The lowest BCUT2D eigenvalue weighted by atomic mass is 10.1. The lowest BCUT2D eigenvalue weighted by molar-refractivity contribution is 0.0691. The molecule has 2 rings (SSSR count). The number of methoxy groups -OCH3 is 1. The van der Waals surface area contributed by atoms with Crippen LogP contribution in [0.25, 0.3) is 11.3 Å². The minimum absolute atomic E-state index is 0.0600. The van der Waals surface area contributed by atoms with E-state index in [-0.39, 0.29) is 5.69 Å². The summed E-state index contributed by atoms with van der Waals surface area (Å²) in [5.41, 5.74) is 1.09. The highest BCUT2D eigenvalue weighted by molar-refractivity contribution is 5.93. The van der Waals surface area contributed by atoms with Crippen LogP contribution in [0, 0.1) is 5.92 Å². The number of aromatic nitrogens is 3. The molecule has 0 fully saturated rings. The van der Waals surface area contributed by atoms with Gasteiger partial charge in [-0.15, -0.1) is 5.10 Å². The van der Waals surface area contributed by atoms with Crippen LogP contribution in [0.15, 0.2) is 24.3 Å². The molecule has 0 aliphatic rings. The van der Waals surface area contributed by atoms with Crippen molar-refractivity contribution in [3.05, 3.63) is 30.0 Å². The van der Waals surface area contributed by atoms with Gasteiger partial charge in [-0.05, 0) is 18.1 Å². The van der Waals surface area contributed by atoms with E-state index in [0.29, 0.717) is 29.5 Å². The summed E-state index contributed by atoms with van der Waals surface area (Å²) in [7, 11) is 1.55. The maximum absolute atomic E-state index is 11.3. The Labute approximate surface area is 117 Å². The molecule has 0 amide bonds. The van der Waals surface area contributed by atoms with E-state index in [1.165, 1.54) is 0 Å². The standard InChI is InChI=1S/C14H17N3O3/c1-9(2)8-17-13(12(14(18)19)15-16-17)10-6-4-5-7-11(10)20-3/h4-7,9H,8H2,1-3H3,(H,18,19). The molecule has 2 aromatic rings. The quantitative estimate of drug-likeness (QED) is 0.906. The Morgan fingerprint density at radius 2 is 2.10 bits per heavy atom. The molecule has 6 nitrogen and oxygen atoms in total. The van der Waals surface area contributed by atoms with Gasteiger partial charge in [0.25, 0.3) is 0 Å². The van der Waals surface area contributed by atoms with Crippen molar-refractivity contribution >= 4 is 5.97 Å². The van der Waals surface area contributed by atoms with Crippen molar-refractivity contribution in [2.75, 3.05) is 7.11 Å². The zero-order valence-electron chi connectivity index (χ0n) is 11.7. The lowest BCUT2D eigenvalue weighted by Gasteiger charge is -2.12. The monoisotopic (exact) mass is 275 g/mol. The van der Waals surface area contributed by atoms with Gasteiger partial charge in [-0.25, -0.2) is 9.48 Å². The molecule has 0 unspecified atom stereocenters. The zero-order valence-corrected chi connectivity index (χ0v) is 11.7. The summed E-state index contributed by atoms with van der Waals surface area (Å²) in [6, 6.07) is 7.25. The molecule has 0 radical (unpaired) electrons. The van der Waals surface area contributed by atoms with Crippen LogP contribution in [0.1, 0.15) is 24.3 Å². The number of rotatable bonds is 5. The Kier molecular flexibility index (Phi) is 4.02. The Balaban J connectivity index is 2.63. The van der Waals surface area contributed by atoms with Gasteiger partial charge >= 0.3 is 5.97 Å². The van der Waals surface area contributed by atoms with Gasteiger partial charge < -0.3 is 9.84 Å². The first-order chi connectivity index (χ1) is 9.54. The van der Waals surface area contributed by atoms with Gasteiger partial charge in [0, 0.05) is 12.1 Å². The number of para-hydroxylation sites is 1. The van der Waals surface area contributed by atoms with Crippen molar-refractivity contribution in [1.29, 1.82) is 0 Å². The van der Waals surface area contributed by atoms with Crippen LogP contribution in [-0.4, -0.2) is 33.2 Å². The van der Waals surface area contributed by atoms with E-state index in [9.17, 15) is 9.90 Å². The number of ether oxygens (including phenoxy) is 1. The molecule has 0 saturated heterocycles. The van der Waals surface area contributed by atoms with Gasteiger partial charge in [0.15, 0.2) is 5.69 Å². The van der Waals surface area contributed by atoms with Crippen LogP contribution < -0.4 is 4.74 Å². The number of carbonyl (C=O) groups is 1. The fourth-order valence-electron chi connectivity index (χ4n) is 2.04. The summed E-state index contributed by atoms with van der Waals surface area (Å²) in [6.45, 7) is 4.66. The molecule has 0 atom stereocenters. The molecular weight excluding hydrogens is 258 g/mol. The SMILES string of the molecule is COc1ccccc1-c1c(C(=O)O)nnn1CC(C)C. The topological polar surface area (TPSA) is 77.2 Å². The maximum Gasteiger partial charge on any atom is 0.358 e. The van der Waals surface area contributed by atoms with Gasteiger partial charge in [0.1, 0.15) is 11.4 Å². The van der Waals surface area contributed by atoms with Crippen LogP contribution >= 0.6 is 0 Å². The van der Waals surface area contributed by atoms with Crippen LogP contribution in [0.2, 0.25) is 0 Å². The maximum atomic E-state index is 11.3. The number of hydrogen-bond donors (Lipinski definition) is 1. The Morgan fingerprint density at radius 1 is 1.40 bits per heavy atom. The van der Waals surface area contributed by atoms with E-state index in [4.69, 9.17) is 4.74 Å². The van der Waals surface area contributed by atoms with E-state index < -0.39 is 5.97 Å². The van der Waals surface area contributed by atoms with Crippen molar-refractivity contribution in [3.8, 4) is 17.0 Å². The fourth-order valence-corrected chi connectivity index (χ4v) is 2.04. The average Bonchev–Trinajstić information content (AvgIpc) is 2.81. The van der Waals surface area contributed by atoms with Gasteiger partial charge in [-0.2, -0.15) is 0 Å². The number of benzene rings is 1. The second-order valence-corrected chi connectivity index (χ2v) is 4.87. The smallest absolute Gasteiger partial charge is 0.358 e. The first-order valence-electron chi connectivity index (χ1n) is 6.34. The molecular formula is C14H17N3O3. The molecule has 20 heavy (non-hydrogen) atoms. The van der Waals surface area contributed by atoms with Gasteiger partial charge in [-0.3, -0.25) is 0 Å². The van der Waals surface area contributed by atoms with Gasteiger partial charge in [-0.1, -0.05) is 31.2 Å². The third kappa shape index (κ3) is 2.64. The second-order valence-electron chi connectivity index (χ2n) is 4.87. The van der Waals surface area contributed by atoms with Crippen LogP contribution in [0.5, 0.6) is 5.75 Å². The molecule has 1 aromatic heterocycles. The lowest BCUT2D eigenvalue weighted by Crippen LogP contribution is -2.09. The van der Waals surface area contributed by atoms with Crippen molar-refractivity contribution in [2.45, 2.75) is 20.4 Å². The van der Waals surface area contributed by atoms with Gasteiger partial charge in [0.05, 0.1) is 7.11 Å².